The summed E-state index contributed by atoms with van der Waals surface area (Å²) in [7, 11) is 0. The molecule has 4 heteroatoms. The zero-order valence-electron chi connectivity index (χ0n) is 10.7. The highest BCUT2D eigenvalue weighted by Crippen LogP contribution is 2.33. The standard InChI is InChI=1S/C14H20BrClN2/c1-10-4-2-3-7-18(10)14(9-17)12-8-11(16)5-6-13(12)15/h5-6,8,10,14H,2-4,7,9,17H2,1H3. The van der Waals surface area contributed by atoms with E-state index in [1.54, 1.807) is 0 Å². The van der Waals surface area contributed by atoms with E-state index in [0.717, 1.165) is 16.0 Å². The van der Waals surface area contributed by atoms with Crippen LogP contribution in [0.4, 0.5) is 0 Å². The van der Waals surface area contributed by atoms with Gasteiger partial charge in [-0.05, 0) is 50.1 Å². The quantitative estimate of drug-likeness (QED) is 0.908. The number of nitrogens with two attached hydrogens (primary N) is 1. The Bertz CT molecular complexity index is 411. The molecule has 1 saturated heterocycles. The summed E-state index contributed by atoms with van der Waals surface area (Å²) in [6.45, 7) is 4.05. The molecule has 2 atom stereocenters. The Hall–Kier alpha value is -0.0900. The van der Waals surface area contributed by atoms with Crippen LogP contribution in [0.15, 0.2) is 22.7 Å². The van der Waals surface area contributed by atoms with Crippen molar-refractivity contribution < 1.29 is 0 Å². The number of halogens is 2. The molecule has 100 valence electrons. The molecule has 18 heavy (non-hydrogen) atoms. The summed E-state index contributed by atoms with van der Waals surface area (Å²) in [5.74, 6) is 0. The maximum absolute atomic E-state index is 6.11. The SMILES string of the molecule is CC1CCCCN1C(CN)c1cc(Cl)ccc1Br. The van der Waals surface area contributed by atoms with E-state index in [0.29, 0.717) is 12.6 Å². The first-order valence-electron chi connectivity index (χ1n) is 6.54. The van der Waals surface area contributed by atoms with E-state index in [1.807, 2.05) is 18.2 Å². The van der Waals surface area contributed by atoms with Gasteiger partial charge in [0, 0.05) is 28.1 Å². The summed E-state index contributed by atoms with van der Waals surface area (Å²) >= 11 is 9.73. The van der Waals surface area contributed by atoms with Crippen molar-refractivity contribution in [2.24, 2.45) is 5.73 Å². The van der Waals surface area contributed by atoms with Crippen LogP contribution in [0.25, 0.3) is 0 Å². The first kappa shape index (κ1) is 14.3. The second-order valence-corrected chi connectivity index (χ2v) is 6.29. The molecule has 0 radical (unpaired) electrons. The number of hydrogen-bond acceptors (Lipinski definition) is 2. The maximum Gasteiger partial charge on any atom is 0.0484 e. The van der Waals surface area contributed by atoms with Crippen LogP contribution in [-0.4, -0.2) is 24.0 Å². The van der Waals surface area contributed by atoms with E-state index in [-0.39, 0.29) is 6.04 Å². The lowest BCUT2D eigenvalue weighted by atomic mass is 9.97. The van der Waals surface area contributed by atoms with Gasteiger partial charge in [0.15, 0.2) is 0 Å². The molecule has 1 fully saturated rings. The topological polar surface area (TPSA) is 29.3 Å². The van der Waals surface area contributed by atoms with E-state index >= 15 is 0 Å². The van der Waals surface area contributed by atoms with Crippen LogP contribution < -0.4 is 5.73 Å². The minimum absolute atomic E-state index is 0.258. The third kappa shape index (κ3) is 3.08. The van der Waals surface area contributed by atoms with Gasteiger partial charge in [-0.3, -0.25) is 4.90 Å². The summed E-state index contributed by atoms with van der Waals surface area (Å²) in [4.78, 5) is 2.51. The number of benzene rings is 1. The molecule has 0 aromatic heterocycles. The molecule has 2 N–H and O–H groups in total. The molecule has 0 spiro atoms. The van der Waals surface area contributed by atoms with E-state index in [9.17, 15) is 0 Å². The highest BCUT2D eigenvalue weighted by atomic mass is 79.9. The van der Waals surface area contributed by atoms with Crippen molar-refractivity contribution in [3.05, 3.63) is 33.3 Å². The number of rotatable bonds is 3. The van der Waals surface area contributed by atoms with Crippen LogP contribution in [0.5, 0.6) is 0 Å². The first-order valence-corrected chi connectivity index (χ1v) is 7.71. The molecule has 0 saturated carbocycles. The largest absolute Gasteiger partial charge is 0.329 e. The summed E-state index contributed by atoms with van der Waals surface area (Å²) in [6.07, 6.45) is 3.85. The van der Waals surface area contributed by atoms with Gasteiger partial charge in [-0.15, -0.1) is 0 Å². The molecule has 1 aromatic rings. The van der Waals surface area contributed by atoms with Gasteiger partial charge in [-0.25, -0.2) is 0 Å². The van der Waals surface area contributed by atoms with Crippen LogP contribution in [-0.2, 0) is 0 Å². The fourth-order valence-corrected chi connectivity index (χ4v) is 3.49. The van der Waals surface area contributed by atoms with E-state index in [4.69, 9.17) is 17.3 Å². The molecule has 1 aliphatic heterocycles. The zero-order valence-corrected chi connectivity index (χ0v) is 13.0. The third-order valence-electron chi connectivity index (χ3n) is 3.80. The van der Waals surface area contributed by atoms with Crippen molar-refractivity contribution in [3.8, 4) is 0 Å². The molecule has 1 aromatic carbocycles. The maximum atomic E-state index is 6.11. The Kier molecular flexibility index (Phi) is 5.07. The molecule has 0 bridgehead atoms. The van der Waals surface area contributed by atoms with Gasteiger partial charge in [-0.2, -0.15) is 0 Å². The van der Waals surface area contributed by atoms with Gasteiger partial charge >= 0.3 is 0 Å². The first-order chi connectivity index (χ1) is 8.63. The normalized spacial score (nSPS) is 23.0. The molecule has 0 amide bonds. The van der Waals surface area contributed by atoms with Crippen LogP contribution in [0.1, 0.15) is 37.8 Å². The third-order valence-corrected chi connectivity index (χ3v) is 4.75. The average Bonchev–Trinajstić information content (AvgIpc) is 2.36. The monoisotopic (exact) mass is 330 g/mol. The zero-order chi connectivity index (χ0) is 13.1. The molecule has 1 heterocycles. The Labute approximate surface area is 123 Å². The highest BCUT2D eigenvalue weighted by molar-refractivity contribution is 9.10. The fraction of sp³-hybridized carbons (Fsp3) is 0.571. The Morgan fingerprint density at radius 2 is 2.28 bits per heavy atom. The minimum Gasteiger partial charge on any atom is -0.329 e. The van der Waals surface area contributed by atoms with Crippen molar-refractivity contribution >= 4 is 27.5 Å². The van der Waals surface area contributed by atoms with Crippen LogP contribution in [0.2, 0.25) is 5.02 Å². The van der Waals surface area contributed by atoms with Gasteiger partial charge in [0.25, 0.3) is 0 Å². The summed E-state index contributed by atoms with van der Waals surface area (Å²) < 4.78 is 1.10. The molecule has 2 nitrogen and oxygen atoms in total. The average molecular weight is 332 g/mol. The molecular formula is C14H20BrClN2. The Morgan fingerprint density at radius 3 is 2.94 bits per heavy atom. The fourth-order valence-electron chi connectivity index (χ4n) is 2.79. The van der Waals surface area contributed by atoms with Crippen molar-refractivity contribution in [3.63, 3.8) is 0 Å². The van der Waals surface area contributed by atoms with E-state index in [1.165, 1.54) is 24.8 Å². The number of likely N-dealkylation sites (tertiary alicyclic amines) is 1. The second-order valence-electron chi connectivity index (χ2n) is 5.00. The van der Waals surface area contributed by atoms with Crippen LogP contribution >= 0.6 is 27.5 Å². The summed E-state index contributed by atoms with van der Waals surface area (Å²) in [5.41, 5.74) is 7.22. The van der Waals surface area contributed by atoms with Crippen LogP contribution in [0.3, 0.4) is 0 Å². The summed E-state index contributed by atoms with van der Waals surface area (Å²) in [5, 5.41) is 0.774. The smallest absolute Gasteiger partial charge is 0.0484 e. The highest BCUT2D eigenvalue weighted by Gasteiger charge is 2.27. The lowest BCUT2D eigenvalue weighted by molar-refractivity contribution is 0.108. The number of piperidine rings is 1. The van der Waals surface area contributed by atoms with E-state index in [2.05, 4.69) is 27.8 Å². The molecule has 0 aliphatic carbocycles. The predicted octanol–water partition coefficient (Wildman–Crippen LogP) is 3.98. The van der Waals surface area contributed by atoms with Crippen LogP contribution in [0, 0.1) is 0 Å². The van der Waals surface area contributed by atoms with Crippen molar-refractivity contribution in [2.75, 3.05) is 13.1 Å². The van der Waals surface area contributed by atoms with Gasteiger partial charge < -0.3 is 5.73 Å². The molecule has 1 aliphatic rings. The second kappa shape index (κ2) is 6.38. The minimum atomic E-state index is 0.258. The van der Waals surface area contributed by atoms with E-state index < -0.39 is 0 Å². The van der Waals surface area contributed by atoms with Gasteiger partial charge in [-0.1, -0.05) is 34.0 Å². The predicted molar refractivity (Wildman–Crippen MR) is 81.0 cm³/mol. The van der Waals surface area contributed by atoms with Crippen molar-refractivity contribution in [1.82, 2.24) is 4.90 Å². The Balaban J connectivity index is 2.29. The number of hydrogen-bond donors (Lipinski definition) is 1. The van der Waals surface area contributed by atoms with Gasteiger partial charge in [0.05, 0.1) is 0 Å². The van der Waals surface area contributed by atoms with Crippen molar-refractivity contribution in [1.29, 1.82) is 0 Å². The lowest BCUT2D eigenvalue weighted by Gasteiger charge is -2.39. The van der Waals surface area contributed by atoms with Gasteiger partial charge in [0.1, 0.15) is 0 Å². The molecular weight excluding hydrogens is 312 g/mol. The summed E-state index contributed by atoms with van der Waals surface area (Å²) in [6, 6.07) is 6.80. The van der Waals surface area contributed by atoms with Crippen molar-refractivity contribution in [2.45, 2.75) is 38.3 Å². The van der Waals surface area contributed by atoms with Gasteiger partial charge in [0.2, 0.25) is 0 Å². The Morgan fingerprint density at radius 1 is 1.50 bits per heavy atom. The lowest BCUT2D eigenvalue weighted by Crippen LogP contribution is -2.43. The molecule has 2 unspecified atom stereocenters. The number of nitrogens with zero attached hydrogens (tertiary/aromatic N) is 1. The molecule has 2 rings (SSSR count).